The van der Waals surface area contributed by atoms with Gasteiger partial charge in [0, 0.05) is 18.0 Å². The third-order valence-corrected chi connectivity index (χ3v) is 6.67. The highest BCUT2D eigenvalue weighted by atomic mass is 32.2. The predicted octanol–water partition coefficient (Wildman–Crippen LogP) is 3.38. The molecule has 0 atom stereocenters. The molecule has 0 aliphatic heterocycles. The van der Waals surface area contributed by atoms with E-state index in [2.05, 4.69) is 25.3 Å². The van der Waals surface area contributed by atoms with E-state index >= 15 is 0 Å². The first-order valence-electron chi connectivity index (χ1n) is 13.0. The van der Waals surface area contributed by atoms with Crippen molar-refractivity contribution in [1.82, 2.24) is 20.0 Å². The van der Waals surface area contributed by atoms with Gasteiger partial charge in [0.2, 0.25) is 15.9 Å². The Balaban J connectivity index is 0.000000502. The zero-order chi connectivity index (χ0) is 32.8. The quantitative estimate of drug-likeness (QED) is 0.225. The number of aromatic carboxylic acids is 1. The summed E-state index contributed by atoms with van der Waals surface area (Å²) in [5.41, 5.74) is 7.54. The van der Waals surface area contributed by atoms with Crippen LogP contribution in [0.2, 0.25) is 0 Å². The van der Waals surface area contributed by atoms with Crippen LogP contribution in [0.3, 0.4) is 0 Å². The van der Waals surface area contributed by atoms with Gasteiger partial charge in [-0.25, -0.2) is 17.9 Å². The summed E-state index contributed by atoms with van der Waals surface area (Å²) < 4.78 is 33.0. The van der Waals surface area contributed by atoms with Gasteiger partial charge in [-0.2, -0.15) is 0 Å². The third-order valence-electron chi connectivity index (χ3n) is 6.08. The van der Waals surface area contributed by atoms with E-state index in [0.29, 0.717) is 11.3 Å². The number of nitrogens with two attached hydrogens (primary N) is 1. The lowest BCUT2D eigenvalue weighted by Crippen LogP contribution is -2.18. The van der Waals surface area contributed by atoms with E-state index in [1.54, 1.807) is 55.6 Å². The van der Waals surface area contributed by atoms with Gasteiger partial charge in [-0.1, -0.05) is 32.1 Å². The summed E-state index contributed by atoms with van der Waals surface area (Å²) in [5.74, 6) is -1.98. The lowest BCUT2D eigenvalue weighted by Gasteiger charge is -2.24. The number of nitrogens with one attached hydrogen (secondary N) is 2. The molecule has 14 nitrogen and oxygen atoms in total. The number of rotatable bonds is 8. The van der Waals surface area contributed by atoms with E-state index in [4.69, 9.17) is 15.6 Å². The van der Waals surface area contributed by atoms with Crippen LogP contribution in [0.5, 0.6) is 5.75 Å². The molecule has 0 saturated carbocycles. The number of aryl methyl sites for hydroxylation is 1. The number of ether oxygens (including phenoxy) is 1. The maximum atomic E-state index is 13.2. The Kier molecular flexibility index (Phi) is 10.1. The molecule has 2 heterocycles. The molecule has 0 unspecified atom stereocenters. The van der Waals surface area contributed by atoms with Crippen LogP contribution < -0.4 is 20.5 Å². The fourth-order valence-corrected chi connectivity index (χ4v) is 4.38. The Morgan fingerprint density at radius 2 is 1.73 bits per heavy atom. The van der Waals surface area contributed by atoms with Gasteiger partial charge in [-0.15, -0.1) is 5.10 Å². The normalized spacial score (nSPS) is 11.1. The van der Waals surface area contributed by atoms with E-state index < -0.39 is 27.8 Å². The number of pyridine rings is 1. The average Bonchev–Trinajstić information content (AvgIpc) is 3.43. The number of benzene rings is 2. The molecule has 0 aliphatic rings. The van der Waals surface area contributed by atoms with Crippen molar-refractivity contribution in [2.75, 3.05) is 23.4 Å². The summed E-state index contributed by atoms with van der Waals surface area (Å²) in [6.45, 7) is 7.67. The molecule has 2 aromatic carbocycles. The van der Waals surface area contributed by atoms with Gasteiger partial charge >= 0.3 is 5.97 Å². The first-order chi connectivity index (χ1) is 20.5. The molecular formula is C29H33N7O7S. The predicted molar refractivity (Wildman–Crippen MR) is 164 cm³/mol. The summed E-state index contributed by atoms with van der Waals surface area (Å²) in [7, 11) is -2.24. The van der Waals surface area contributed by atoms with Crippen LogP contribution in [-0.2, 0) is 15.4 Å². The summed E-state index contributed by atoms with van der Waals surface area (Å²) in [5, 5.41) is 19.4. The van der Waals surface area contributed by atoms with Gasteiger partial charge in [-0.3, -0.25) is 19.3 Å². The molecule has 0 fully saturated rings. The first kappa shape index (κ1) is 33.2. The molecule has 5 N–H and O–H groups in total. The van der Waals surface area contributed by atoms with Crippen molar-refractivity contribution in [2.24, 2.45) is 5.73 Å². The van der Waals surface area contributed by atoms with Crippen molar-refractivity contribution in [3.63, 3.8) is 0 Å². The fourth-order valence-electron chi connectivity index (χ4n) is 3.83. The third kappa shape index (κ3) is 8.61. The molecule has 0 aliphatic carbocycles. The molecule has 232 valence electrons. The summed E-state index contributed by atoms with van der Waals surface area (Å²) in [6.07, 6.45) is 5.31. The number of hydrogen-bond donors (Lipinski definition) is 4. The maximum absolute atomic E-state index is 13.2. The van der Waals surface area contributed by atoms with Gasteiger partial charge in [0.25, 0.3) is 5.91 Å². The molecule has 0 spiro atoms. The van der Waals surface area contributed by atoms with E-state index in [9.17, 15) is 22.8 Å². The van der Waals surface area contributed by atoms with Gasteiger partial charge < -0.3 is 20.9 Å². The molecule has 44 heavy (non-hydrogen) atoms. The Morgan fingerprint density at radius 1 is 1.05 bits per heavy atom. The molecule has 2 aromatic heterocycles. The molecular weight excluding hydrogens is 590 g/mol. The average molecular weight is 624 g/mol. The Bertz CT molecular complexity index is 1800. The second-order valence-corrected chi connectivity index (χ2v) is 12.4. The van der Waals surface area contributed by atoms with Crippen molar-refractivity contribution in [1.29, 1.82) is 0 Å². The van der Waals surface area contributed by atoms with Crippen LogP contribution >= 0.6 is 0 Å². The molecule has 2 amide bonds. The Labute approximate surface area is 254 Å². The zero-order valence-electron chi connectivity index (χ0n) is 24.9. The fraction of sp³-hybridized carbons (Fsp3) is 0.241. The van der Waals surface area contributed by atoms with Crippen molar-refractivity contribution >= 4 is 39.2 Å². The molecule has 0 bridgehead atoms. The van der Waals surface area contributed by atoms with Crippen LogP contribution in [0.25, 0.3) is 5.69 Å². The largest absolute Gasteiger partial charge is 0.492 e. The molecule has 4 rings (SSSR count). The van der Waals surface area contributed by atoms with Crippen LogP contribution in [0.4, 0.5) is 11.4 Å². The molecule has 4 aromatic rings. The van der Waals surface area contributed by atoms with Crippen molar-refractivity contribution in [2.45, 2.75) is 33.1 Å². The molecule has 0 saturated heterocycles. The Hall–Kier alpha value is -5.31. The minimum atomic E-state index is -3.61. The highest BCUT2D eigenvalue weighted by Crippen LogP contribution is 2.39. The highest BCUT2D eigenvalue weighted by molar-refractivity contribution is 7.92. The first-order valence-corrected chi connectivity index (χ1v) is 14.9. The van der Waals surface area contributed by atoms with Gasteiger partial charge in [0.15, 0.2) is 11.4 Å². The number of hydrogen-bond acceptors (Lipinski definition) is 9. The standard InChI is InChI=1S/C23H27N5O6S.C6H6N2O/c1-13-7-8-14(9-19(13)28-12-18(22(30)31)25-27-28)21(29)24-16-10-15(23(2,3)4)11-17(20(16)34-5)26-35(6,32)33;7-6(9)5-2-1-3-8-4-5/h7-12,26H,1-6H3,(H,24,29)(H,30,31);1-4H,(H2,7,9). The van der Waals surface area contributed by atoms with E-state index in [1.165, 1.54) is 24.2 Å². The number of sulfonamides is 1. The minimum absolute atomic E-state index is 0.159. The Morgan fingerprint density at radius 3 is 2.23 bits per heavy atom. The number of carboxylic acid groups (broad SMARTS) is 1. The van der Waals surface area contributed by atoms with Crippen LogP contribution in [0, 0.1) is 6.92 Å². The van der Waals surface area contributed by atoms with Gasteiger partial charge in [-0.05, 0) is 59.9 Å². The number of carboxylic acids is 1. The lowest BCUT2D eigenvalue weighted by atomic mass is 9.86. The van der Waals surface area contributed by atoms with Gasteiger partial charge in [0.1, 0.15) is 0 Å². The van der Waals surface area contributed by atoms with Gasteiger partial charge in [0.05, 0.1) is 42.2 Å². The van der Waals surface area contributed by atoms with E-state index in [-0.39, 0.29) is 33.8 Å². The van der Waals surface area contributed by atoms with Crippen molar-refractivity contribution < 1.29 is 32.6 Å². The smallest absolute Gasteiger partial charge is 0.358 e. The number of methoxy groups -OCH3 is 1. The number of amides is 2. The number of carbonyl (C=O) groups is 3. The zero-order valence-corrected chi connectivity index (χ0v) is 25.8. The van der Waals surface area contributed by atoms with Crippen LogP contribution in [0.1, 0.15) is 63.1 Å². The summed E-state index contributed by atoms with van der Waals surface area (Å²) in [6, 6.07) is 11.6. The van der Waals surface area contributed by atoms with Crippen molar-refractivity contribution in [3.8, 4) is 11.4 Å². The molecule has 0 radical (unpaired) electrons. The second-order valence-electron chi connectivity index (χ2n) is 10.6. The molecule has 15 heteroatoms. The van der Waals surface area contributed by atoms with E-state index in [0.717, 1.165) is 17.4 Å². The monoisotopic (exact) mass is 623 g/mol. The summed E-state index contributed by atoms with van der Waals surface area (Å²) in [4.78, 5) is 38.4. The minimum Gasteiger partial charge on any atom is -0.492 e. The topological polar surface area (TPSA) is 208 Å². The highest BCUT2D eigenvalue weighted by Gasteiger charge is 2.23. The summed E-state index contributed by atoms with van der Waals surface area (Å²) >= 11 is 0. The number of aromatic nitrogens is 4. The number of carbonyl (C=O) groups excluding carboxylic acids is 2. The number of anilines is 2. The SMILES string of the molecule is COc1c(NC(=O)c2ccc(C)c(-n3cc(C(=O)O)nn3)c2)cc(C(C)(C)C)cc1NS(C)(=O)=O.NC(=O)c1cccnc1. The van der Waals surface area contributed by atoms with Crippen LogP contribution in [-0.4, -0.2) is 64.7 Å². The maximum Gasteiger partial charge on any atom is 0.358 e. The lowest BCUT2D eigenvalue weighted by molar-refractivity contribution is 0.0690. The number of primary amides is 1. The van der Waals surface area contributed by atoms with Crippen LogP contribution in [0.15, 0.2) is 61.1 Å². The van der Waals surface area contributed by atoms with E-state index in [1.807, 2.05) is 20.8 Å². The number of nitrogens with zero attached hydrogens (tertiary/aromatic N) is 4. The van der Waals surface area contributed by atoms with Crippen molar-refractivity contribution in [3.05, 3.63) is 89.0 Å². The second kappa shape index (κ2) is 13.3.